The van der Waals surface area contributed by atoms with Crippen molar-refractivity contribution in [3.8, 4) is 0 Å². The molecule has 4 nitrogen and oxygen atoms in total. The van der Waals surface area contributed by atoms with E-state index in [1.54, 1.807) is 18.3 Å². The van der Waals surface area contributed by atoms with Crippen molar-refractivity contribution in [3.63, 3.8) is 0 Å². The highest BCUT2D eigenvalue weighted by Gasteiger charge is 2.39. The predicted octanol–water partition coefficient (Wildman–Crippen LogP) is 0.855. The maximum atomic E-state index is 10.4. The van der Waals surface area contributed by atoms with Gasteiger partial charge < -0.3 is 10.0 Å². The molecule has 1 aromatic rings. The number of β-amino-alcohol motifs (C(OH)–C–C–N with tert-alkyl or cyclic N) is 1. The second-order valence-electron chi connectivity index (χ2n) is 4.00. The first-order valence-corrected chi connectivity index (χ1v) is 5.05. The third kappa shape index (κ3) is 1.85. The maximum absolute atomic E-state index is 10.4. The minimum Gasteiger partial charge on any atom is -0.386 e. The smallest absolute Gasteiger partial charge is 0.151 e. The van der Waals surface area contributed by atoms with Crippen LogP contribution >= 0.6 is 0 Å². The lowest BCUT2D eigenvalue weighted by Crippen LogP contribution is -2.61. The molecule has 2 heterocycles. The van der Waals surface area contributed by atoms with Crippen molar-refractivity contribution in [1.82, 2.24) is 4.98 Å². The van der Waals surface area contributed by atoms with Gasteiger partial charge in [0.25, 0.3) is 0 Å². The number of carbonyl (C=O) groups excluding carboxylic acids is 1. The van der Waals surface area contributed by atoms with E-state index < -0.39 is 5.60 Å². The van der Waals surface area contributed by atoms with Crippen molar-refractivity contribution in [2.75, 3.05) is 18.0 Å². The molecule has 1 saturated heterocycles. The minimum absolute atomic E-state index is 0.551. The lowest BCUT2D eigenvalue weighted by Gasteiger charge is -2.46. The Hall–Kier alpha value is -1.42. The molecule has 0 atom stereocenters. The van der Waals surface area contributed by atoms with Crippen LogP contribution in [-0.2, 0) is 0 Å². The van der Waals surface area contributed by atoms with Crippen LogP contribution in [0.3, 0.4) is 0 Å². The van der Waals surface area contributed by atoms with E-state index in [1.807, 2.05) is 11.8 Å². The Morgan fingerprint density at radius 1 is 1.60 bits per heavy atom. The summed E-state index contributed by atoms with van der Waals surface area (Å²) in [5.74, 6) is 0.818. The largest absolute Gasteiger partial charge is 0.386 e. The highest BCUT2D eigenvalue weighted by atomic mass is 16.3. The average Bonchev–Trinajstić information content (AvgIpc) is 2.25. The number of aromatic nitrogens is 1. The molecule has 2 rings (SSSR count). The monoisotopic (exact) mass is 206 g/mol. The highest BCUT2D eigenvalue weighted by molar-refractivity contribution is 5.74. The Kier molecular flexibility index (Phi) is 2.44. The Morgan fingerprint density at radius 2 is 2.33 bits per heavy atom. The number of hydrogen-bond acceptors (Lipinski definition) is 4. The van der Waals surface area contributed by atoms with Gasteiger partial charge in [-0.2, -0.15) is 0 Å². The lowest BCUT2D eigenvalue weighted by molar-refractivity contribution is 0.00806. The molecule has 1 aliphatic rings. The SMILES string of the molecule is CCC1(O)CN(c2ccc(C=O)cn2)C1. The summed E-state index contributed by atoms with van der Waals surface area (Å²) >= 11 is 0. The van der Waals surface area contributed by atoms with Gasteiger partial charge in [-0.15, -0.1) is 0 Å². The molecule has 4 heteroatoms. The van der Waals surface area contributed by atoms with Gasteiger partial charge in [-0.05, 0) is 18.6 Å². The van der Waals surface area contributed by atoms with Gasteiger partial charge in [0.2, 0.25) is 0 Å². The lowest BCUT2D eigenvalue weighted by atomic mass is 9.91. The van der Waals surface area contributed by atoms with Gasteiger partial charge in [0, 0.05) is 24.8 Å². The zero-order valence-electron chi connectivity index (χ0n) is 8.68. The summed E-state index contributed by atoms with van der Waals surface area (Å²) in [5, 5.41) is 9.83. The molecule has 0 bridgehead atoms. The Labute approximate surface area is 88.6 Å². The number of nitrogens with zero attached hydrogens (tertiary/aromatic N) is 2. The third-order valence-electron chi connectivity index (χ3n) is 2.86. The summed E-state index contributed by atoms with van der Waals surface area (Å²) in [7, 11) is 0. The zero-order chi connectivity index (χ0) is 10.9. The van der Waals surface area contributed by atoms with Crippen molar-refractivity contribution >= 4 is 12.1 Å². The van der Waals surface area contributed by atoms with E-state index in [0.717, 1.165) is 18.5 Å². The molecule has 80 valence electrons. The predicted molar refractivity (Wildman–Crippen MR) is 57.1 cm³/mol. The second-order valence-corrected chi connectivity index (χ2v) is 4.00. The topological polar surface area (TPSA) is 53.4 Å². The molecule has 0 spiro atoms. The summed E-state index contributed by atoms with van der Waals surface area (Å²) in [5.41, 5.74) is 0.0235. The first-order chi connectivity index (χ1) is 7.17. The van der Waals surface area contributed by atoms with Crippen LogP contribution in [0.15, 0.2) is 18.3 Å². The molecule has 0 aromatic carbocycles. The van der Waals surface area contributed by atoms with Gasteiger partial charge in [0.15, 0.2) is 6.29 Å². The van der Waals surface area contributed by atoms with Crippen LogP contribution in [0.1, 0.15) is 23.7 Å². The number of rotatable bonds is 3. The molecule has 1 fully saturated rings. The molecule has 1 aromatic heterocycles. The van der Waals surface area contributed by atoms with Crippen LogP contribution in [0.5, 0.6) is 0 Å². The van der Waals surface area contributed by atoms with Gasteiger partial charge in [-0.3, -0.25) is 4.79 Å². The summed E-state index contributed by atoms with van der Waals surface area (Å²) in [6.07, 6.45) is 3.08. The van der Waals surface area contributed by atoms with E-state index in [4.69, 9.17) is 0 Å². The summed E-state index contributed by atoms with van der Waals surface area (Å²) in [6.45, 7) is 3.22. The Morgan fingerprint density at radius 3 is 2.80 bits per heavy atom. The van der Waals surface area contributed by atoms with E-state index >= 15 is 0 Å². The van der Waals surface area contributed by atoms with Crippen LogP contribution in [0.4, 0.5) is 5.82 Å². The molecule has 1 N–H and O–H groups in total. The van der Waals surface area contributed by atoms with E-state index in [2.05, 4.69) is 4.98 Å². The van der Waals surface area contributed by atoms with Gasteiger partial charge in [0.1, 0.15) is 5.82 Å². The Balaban J connectivity index is 2.04. The van der Waals surface area contributed by atoms with Gasteiger partial charge in [-0.25, -0.2) is 4.98 Å². The van der Waals surface area contributed by atoms with Crippen molar-refractivity contribution in [2.45, 2.75) is 18.9 Å². The number of carbonyl (C=O) groups is 1. The number of anilines is 1. The molecule has 0 amide bonds. The highest BCUT2D eigenvalue weighted by Crippen LogP contribution is 2.28. The third-order valence-corrected chi connectivity index (χ3v) is 2.86. The standard InChI is InChI=1S/C11H14N2O2/c1-2-11(15)7-13(8-11)10-4-3-9(6-14)5-12-10/h3-6,15H,2,7-8H2,1H3. The summed E-state index contributed by atoms with van der Waals surface area (Å²) in [6, 6.07) is 3.54. The van der Waals surface area contributed by atoms with Crippen LogP contribution in [0.25, 0.3) is 0 Å². The van der Waals surface area contributed by atoms with Crippen molar-refractivity contribution in [2.24, 2.45) is 0 Å². The molecule has 0 aliphatic carbocycles. The average molecular weight is 206 g/mol. The van der Waals surface area contributed by atoms with E-state index in [1.165, 1.54) is 0 Å². The van der Waals surface area contributed by atoms with Crippen LogP contribution in [0, 0.1) is 0 Å². The Bertz CT molecular complexity index is 355. The zero-order valence-corrected chi connectivity index (χ0v) is 8.68. The van der Waals surface area contributed by atoms with Crippen LogP contribution in [0.2, 0.25) is 0 Å². The van der Waals surface area contributed by atoms with E-state index in [9.17, 15) is 9.90 Å². The normalized spacial score (nSPS) is 18.4. The fraction of sp³-hybridized carbons (Fsp3) is 0.455. The second kappa shape index (κ2) is 3.62. The van der Waals surface area contributed by atoms with Crippen LogP contribution in [-0.4, -0.2) is 35.1 Å². The first-order valence-electron chi connectivity index (χ1n) is 5.05. The molecule has 1 aliphatic heterocycles. The van der Waals surface area contributed by atoms with E-state index in [-0.39, 0.29) is 0 Å². The van der Waals surface area contributed by atoms with Crippen molar-refractivity contribution in [3.05, 3.63) is 23.9 Å². The van der Waals surface area contributed by atoms with Gasteiger partial charge >= 0.3 is 0 Å². The van der Waals surface area contributed by atoms with Gasteiger partial charge in [-0.1, -0.05) is 6.92 Å². The molecular weight excluding hydrogens is 192 g/mol. The molecule has 0 radical (unpaired) electrons. The number of pyridine rings is 1. The fourth-order valence-electron chi connectivity index (χ4n) is 1.70. The number of aldehydes is 1. The van der Waals surface area contributed by atoms with E-state index in [0.29, 0.717) is 18.7 Å². The van der Waals surface area contributed by atoms with Crippen LogP contribution < -0.4 is 4.90 Å². The van der Waals surface area contributed by atoms with Crippen molar-refractivity contribution in [1.29, 1.82) is 0 Å². The maximum Gasteiger partial charge on any atom is 0.151 e. The number of hydrogen-bond donors (Lipinski definition) is 1. The van der Waals surface area contributed by atoms with Gasteiger partial charge in [0.05, 0.1) is 5.60 Å². The molecular formula is C11H14N2O2. The van der Waals surface area contributed by atoms with Crippen molar-refractivity contribution < 1.29 is 9.90 Å². The summed E-state index contributed by atoms with van der Waals surface area (Å²) in [4.78, 5) is 16.6. The molecule has 0 unspecified atom stereocenters. The quantitative estimate of drug-likeness (QED) is 0.745. The molecule has 0 saturated carbocycles. The summed E-state index contributed by atoms with van der Waals surface area (Å²) < 4.78 is 0. The fourth-order valence-corrected chi connectivity index (χ4v) is 1.70. The molecule has 15 heavy (non-hydrogen) atoms. The minimum atomic E-state index is -0.551. The first kappa shape index (κ1) is 10.1. The number of aliphatic hydroxyl groups is 1.